The van der Waals surface area contributed by atoms with Gasteiger partial charge in [-0.15, -0.1) is 0 Å². The lowest BCUT2D eigenvalue weighted by atomic mass is 10.1. The normalized spacial score (nSPS) is 12.2. The summed E-state index contributed by atoms with van der Waals surface area (Å²) in [5, 5.41) is 6.00. The molecular formula is C19H19ClN2O4. The zero-order valence-corrected chi connectivity index (χ0v) is 15.2. The first-order chi connectivity index (χ1) is 12.4. The molecular weight excluding hydrogens is 356 g/mol. The van der Waals surface area contributed by atoms with Crippen molar-refractivity contribution < 1.29 is 19.1 Å². The highest BCUT2D eigenvalue weighted by Crippen LogP contribution is 2.39. The van der Waals surface area contributed by atoms with Crippen LogP contribution in [-0.2, 0) is 11.3 Å². The number of fused-ring (bicyclic) bond motifs is 1. The second-order valence-electron chi connectivity index (χ2n) is 6.22. The Morgan fingerprint density at radius 2 is 1.88 bits per heavy atom. The van der Waals surface area contributed by atoms with E-state index in [2.05, 4.69) is 10.6 Å². The summed E-state index contributed by atoms with van der Waals surface area (Å²) >= 11 is 6.10. The molecule has 0 radical (unpaired) electrons. The molecule has 0 spiro atoms. The Labute approximate surface area is 156 Å². The third-order valence-corrected chi connectivity index (χ3v) is 4.17. The zero-order valence-electron chi connectivity index (χ0n) is 14.5. The predicted octanol–water partition coefficient (Wildman–Crippen LogP) is 3.59. The Kier molecular flexibility index (Phi) is 5.32. The molecule has 0 aromatic heterocycles. The maximum absolute atomic E-state index is 12.3. The minimum atomic E-state index is -0.262. The summed E-state index contributed by atoms with van der Waals surface area (Å²) in [5.41, 5.74) is 2.04. The lowest BCUT2D eigenvalue weighted by Gasteiger charge is -2.10. The van der Waals surface area contributed by atoms with Crippen LogP contribution in [0.1, 0.15) is 29.8 Å². The Morgan fingerprint density at radius 3 is 2.58 bits per heavy atom. The van der Waals surface area contributed by atoms with Crippen LogP contribution < -0.4 is 20.1 Å². The molecule has 0 fully saturated rings. The Hall–Kier alpha value is -2.73. The first-order valence-corrected chi connectivity index (χ1v) is 8.59. The van der Waals surface area contributed by atoms with E-state index in [4.69, 9.17) is 21.1 Å². The summed E-state index contributed by atoms with van der Waals surface area (Å²) in [7, 11) is 0. The van der Waals surface area contributed by atoms with Crippen molar-refractivity contribution in [2.24, 2.45) is 5.92 Å². The van der Waals surface area contributed by atoms with E-state index in [1.54, 1.807) is 24.3 Å². The van der Waals surface area contributed by atoms with Crippen LogP contribution in [0.15, 0.2) is 36.4 Å². The van der Waals surface area contributed by atoms with Crippen molar-refractivity contribution in [2.45, 2.75) is 20.4 Å². The molecule has 2 aromatic carbocycles. The van der Waals surface area contributed by atoms with Gasteiger partial charge >= 0.3 is 0 Å². The van der Waals surface area contributed by atoms with Crippen LogP contribution in [0.2, 0.25) is 5.02 Å². The summed E-state index contributed by atoms with van der Waals surface area (Å²) in [6, 6.07) is 10.5. The standard InChI is InChI=1S/C19H19ClN2O4/c1-11(2)18(23)22-14-5-3-12(4-6-14)9-21-19(24)13-7-15(20)17-16(8-13)25-10-26-17/h3-8,11H,9-10H2,1-2H3,(H,21,24)(H,22,23). The second-order valence-corrected chi connectivity index (χ2v) is 6.62. The molecule has 2 amide bonds. The third kappa shape index (κ3) is 4.08. The molecule has 26 heavy (non-hydrogen) atoms. The van der Waals surface area contributed by atoms with Gasteiger partial charge in [-0.25, -0.2) is 0 Å². The molecule has 7 heteroatoms. The molecule has 0 aliphatic carbocycles. The van der Waals surface area contributed by atoms with E-state index in [0.29, 0.717) is 28.6 Å². The summed E-state index contributed by atoms with van der Waals surface area (Å²) in [5.74, 6) is 0.547. The van der Waals surface area contributed by atoms with Gasteiger partial charge in [0.05, 0.1) is 5.02 Å². The van der Waals surface area contributed by atoms with Crippen LogP contribution in [0.3, 0.4) is 0 Å². The van der Waals surface area contributed by atoms with Crippen LogP contribution in [-0.4, -0.2) is 18.6 Å². The molecule has 1 aliphatic heterocycles. The molecule has 3 rings (SSSR count). The highest BCUT2D eigenvalue weighted by Gasteiger charge is 2.20. The quantitative estimate of drug-likeness (QED) is 0.838. The van der Waals surface area contributed by atoms with Crippen molar-refractivity contribution in [1.82, 2.24) is 5.32 Å². The third-order valence-electron chi connectivity index (χ3n) is 3.89. The number of carbonyl (C=O) groups is 2. The lowest BCUT2D eigenvalue weighted by Crippen LogP contribution is -2.22. The van der Waals surface area contributed by atoms with Crippen molar-refractivity contribution in [3.05, 3.63) is 52.5 Å². The van der Waals surface area contributed by atoms with E-state index in [0.717, 1.165) is 11.3 Å². The van der Waals surface area contributed by atoms with Crippen molar-refractivity contribution in [3.63, 3.8) is 0 Å². The van der Waals surface area contributed by atoms with Gasteiger partial charge < -0.3 is 20.1 Å². The Morgan fingerprint density at radius 1 is 1.15 bits per heavy atom. The minimum Gasteiger partial charge on any atom is -0.454 e. The number of carbonyl (C=O) groups excluding carboxylic acids is 2. The van der Waals surface area contributed by atoms with Crippen LogP contribution in [0, 0.1) is 5.92 Å². The topological polar surface area (TPSA) is 76.7 Å². The Bertz CT molecular complexity index is 834. The zero-order chi connectivity index (χ0) is 18.7. The molecule has 0 bridgehead atoms. The highest BCUT2D eigenvalue weighted by molar-refractivity contribution is 6.32. The van der Waals surface area contributed by atoms with E-state index in [9.17, 15) is 9.59 Å². The van der Waals surface area contributed by atoms with Gasteiger partial charge in [0.1, 0.15) is 0 Å². The number of amides is 2. The monoisotopic (exact) mass is 374 g/mol. The summed E-state index contributed by atoms with van der Waals surface area (Å²) < 4.78 is 10.5. The number of halogens is 1. The van der Waals surface area contributed by atoms with Gasteiger partial charge in [-0.1, -0.05) is 37.6 Å². The molecule has 1 heterocycles. The maximum atomic E-state index is 12.3. The van der Waals surface area contributed by atoms with E-state index in [1.165, 1.54) is 0 Å². The molecule has 0 unspecified atom stereocenters. The number of ether oxygens (including phenoxy) is 2. The van der Waals surface area contributed by atoms with Crippen LogP contribution in [0.25, 0.3) is 0 Å². The first-order valence-electron chi connectivity index (χ1n) is 8.21. The largest absolute Gasteiger partial charge is 0.454 e. The van der Waals surface area contributed by atoms with Crippen LogP contribution in [0.5, 0.6) is 11.5 Å². The average Bonchev–Trinajstić information content (AvgIpc) is 3.10. The summed E-state index contributed by atoms with van der Waals surface area (Å²) in [4.78, 5) is 24.0. The fraction of sp³-hybridized carbons (Fsp3) is 0.263. The van der Waals surface area contributed by atoms with Crippen molar-refractivity contribution in [2.75, 3.05) is 12.1 Å². The van der Waals surface area contributed by atoms with E-state index < -0.39 is 0 Å². The highest BCUT2D eigenvalue weighted by atomic mass is 35.5. The number of benzene rings is 2. The fourth-order valence-electron chi connectivity index (χ4n) is 2.38. The van der Waals surface area contributed by atoms with Crippen LogP contribution >= 0.6 is 11.6 Å². The van der Waals surface area contributed by atoms with E-state index in [1.807, 2.05) is 26.0 Å². The second kappa shape index (κ2) is 7.66. The summed E-state index contributed by atoms with van der Waals surface area (Å²) in [6.45, 7) is 4.12. The molecule has 2 aromatic rings. The van der Waals surface area contributed by atoms with E-state index >= 15 is 0 Å². The number of hydrogen-bond acceptors (Lipinski definition) is 4. The molecule has 6 nitrogen and oxygen atoms in total. The summed E-state index contributed by atoms with van der Waals surface area (Å²) in [6.07, 6.45) is 0. The Balaban J connectivity index is 1.60. The predicted molar refractivity (Wildman–Crippen MR) is 98.7 cm³/mol. The molecule has 1 aliphatic rings. The number of rotatable bonds is 5. The lowest BCUT2D eigenvalue weighted by molar-refractivity contribution is -0.118. The molecule has 2 N–H and O–H groups in total. The van der Waals surface area contributed by atoms with Crippen molar-refractivity contribution in [1.29, 1.82) is 0 Å². The SMILES string of the molecule is CC(C)C(=O)Nc1ccc(CNC(=O)c2cc(Cl)c3c(c2)OCO3)cc1. The van der Waals surface area contributed by atoms with Gasteiger partial charge in [-0.3, -0.25) is 9.59 Å². The van der Waals surface area contributed by atoms with Gasteiger partial charge in [0.2, 0.25) is 12.7 Å². The average molecular weight is 375 g/mol. The van der Waals surface area contributed by atoms with Crippen molar-refractivity contribution >= 4 is 29.1 Å². The van der Waals surface area contributed by atoms with E-state index in [-0.39, 0.29) is 24.5 Å². The fourth-order valence-corrected chi connectivity index (χ4v) is 2.64. The minimum absolute atomic E-state index is 0.0364. The molecule has 0 atom stereocenters. The first kappa shape index (κ1) is 18.1. The number of nitrogens with one attached hydrogen (secondary N) is 2. The number of hydrogen-bond donors (Lipinski definition) is 2. The molecule has 0 saturated heterocycles. The maximum Gasteiger partial charge on any atom is 0.251 e. The van der Waals surface area contributed by atoms with Gasteiger partial charge in [0.25, 0.3) is 5.91 Å². The van der Waals surface area contributed by atoms with Crippen LogP contribution in [0.4, 0.5) is 5.69 Å². The van der Waals surface area contributed by atoms with Gasteiger partial charge in [-0.2, -0.15) is 0 Å². The van der Waals surface area contributed by atoms with Gasteiger partial charge in [0.15, 0.2) is 11.5 Å². The number of anilines is 1. The van der Waals surface area contributed by atoms with Gasteiger partial charge in [-0.05, 0) is 29.8 Å². The molecule has 136 valence electrons. The van der Waals surface area contributed by atoms with Gasteiger partial charge in [0, 0.05) is 23.7 Å². The molecule has 0 saturated carbocycles. The van der Waals surface area contributed by atoms with Crippen molar-refractivity contribution in [3.8, 4) is 11.5 Å². The smallest absolute Gasteiger partial charge is 0.251 e.